The lowest BCUT2D eigenvalue weighted by molar-refractivity contribution is -0.115. The van der Waals surface area contributed by atoms with Crippen molar-refractivity contribution < 1.29 is 23.1 Å². The van der Waals surface area contributed by atoms with Crippen LogP contribution in [0.3, 0.4) is 0 Å². The summed E-state index contributed by atoms with van der Waals surface area (Å²) in [6.45, 7) is -3.13. The van der Waals surface area contributed by atoms with Crippen molar-refractivity contribution >= 4 is 33.4 Å². The topological polar surface area (TPSA) is 67.4 Å². The van der Waals surface area contributed by atoms with Crippen molar-refractivity contribution in [2.24, 2.45) is 0 Å². The first-order valence-corrected chi connectivity index (χ1v) is 7.62. The van der Waals surface area contributed by atoms with Crippen LogP contribution in [0.4, 0.5) is 14.5 Å². The molecular formula is C16H13BrF2N2O3. The molecule has 0 radical (unpaired) electrons. The zero-order valence-electron chi connectivity index (χ0n) is 12.3. The monoisotopic (exact) mass is 398 g/mol. The zero-order chi connectivity index (χ0) is 17.5. The molecule has 126 valence electrons. The molecule has 0 unspecified atom stereocenters. The number of rotatable bonds is 6. The van der Waals surface area contributed by atoms with Crippen LogP contribution >= 0.6 is 15.9 Å². The first-order chi connectivity index (χ1) is 11.4. The van der Waals surface area contributed by atoms with Crippen molar-refractivity contribution in [1.82, 2.24) is 5.32 Å². The number of benzene rings is 2. The molecule has 0 saturated carbocycles. The van der Waals surface area contributed by atoms with Gasteiger partial charge in [-0.3, -0.25) is 9.59 Å². The van der Waals surface area contributed by atoms with E-state index < -0.39 is 12.5 Å². The summed E-state index contributed by atoms with van der Waals surface area (Å²) in [5.74, 6) is -0.834. The van der Waals surface area contributed by atoms with Gasteiger partial charge in [0.25, 0.3) is 5.91 Å². The molecule has 0 atom stereocenters. The molecule has 2 aromatic rings. The van der Waals surface area contributed by atoms with E-state index in [1.165, 1.54) is 24.3 Å². The number of hydrogen-bond donors (Lipinski definition) is 2. The van der Waals surface area contributed by atoms with E-state index in [0.29, 0.717) is 11.3 Å². The van der Waals surface area contributed by atoms with Gasteiger partial charge in [0.1, 0.15) is 5.75 Å². The summed E-state index contributed by atoms with van der Waals surface area (Å²) < 4.78 is 29.0. The predicted octanol–water partition coefficient (Wildman–Crippen LogP) is 3.42. The lowest BCUT2D eigenvalue weighted by atomic mass is 10.2. The van der Waals surface area contributed by atoms with Crippen LogP contribution in [0.2, 0.25) is 0 Å². The highest BCUT2D eigenvalue weighted by Crippen LogP contribution is 2.17. The van der Waals surface area contributed by atoms with Crippen molar-refractivity contribution in [2.75, 3.05) is 11.9 Å². The van der Waals surface area contributed by atoms with Crippen LogP contribution in [0, 0.1) is 0 Å². The van der Waals surface area contributed by atoms with Crippen molar-refractivity contribution in [3.8, 4) is 5.75 Å². The third-order valence-corrected chi connectivity index (χ3v) is 3.35. The van der Waals surface area contributed by atoms with E-state index >= 15 is 0 Å². The summed E-state index contributed by atoms with van der Waals surface area (Å²) in [5, 5.41) is 5.02. The molecule has 2 N–H and O–H groups in total. The van der Waals surface area contributed by atoms with Gasteiger partial charge in [0.15, 0.2) is 0 Å². The summed E-state index contributed by atoms with van der Waals surface area (Å²) in [6, 6.07) is 12.2. The molecular weight excluding hydrogens is 386 g/mol. The lowest BCUT2D eigenvalue weighted by Crippen LogP contribution is -2.32. The second-order valence-corrected chi connectivity index (χ2v) is 5.56. The molecule has 8 heteroatoms. The Morgan fingerprint density at radius 3 is 2.46 bits per heavy atom. The van der Waals surface area contributed by atoms with Gasteiger partial charge in [0, 0.05) is 15.7 Å². The van der Waals surface area contributed by atoms with Gasteiger partial charge >= 0.3 is 6.61 Å². The van der Waals surface area contributed by atoms with Crippen molar-refractivity contribution in [1.29, 1.82) is 0 Å². The zero-order valence-corrected chi connectivity index (χ0v) is 13.8. The Kier molecular flexibility index (Phi) is 6.25. The van der Waals surface area contributed by atoms with E-state index in [2.05, 4.69) is 31.3 Å². The summed E-state index contributed by atoms with van der Waals surface area (Å²) in [5.41, 5.74) is 0.823. The van der Waals surface area contributed by atoms with Gasteiger partial charge in [-0.2, -0.15) is 8.78 Å². The molecule has 5 nitrogen and oxygen atoms in total. The van der Waals surface area contributed by atoms with Crippen LogP contribution in [0.25, 0.3) is 0 Å². The minimum Gasteiger partial charge on any atom is -0.435 e. The summed E-state index contributed by atoms with van der Waals surface area (Å²) in [6.07, 6.45) is 0. The molecule has 2 amide bonds. The second kappa shape index (κ2) is 8.39. The number of anilines is 1. The van der Waals surface area contributed by atoms with Crippen molar-refractivity contribution in [3.63, 3.8) is 0 Å². The molecule has 2 rings (SSSR count). The van der Waals surface area contributed by atoms with Crippen LogP contribution in [0.5, 0.6) is 5.75 Å². The quantitative estimate of drug-likeness (QED) is 0.783. The van der Waals surface area contributed by atoms with Crippen molar-refractivity contribution in [3.05, 3.63) is 58.6 Å². The molecule has 0 bridgehead atoms. The number of carbonyl (C=O) groups excluding carboxylic acids is 2. The Balaban J connectivity index is 1.83. The van der Waals surface area contributed by atoms with Crippen LogP contribution in [-0.4, -0.2) is 25.0 Å². The maximum absolute atomic E-state index is 12.0. The van der Waals surface area contributed by atoms with Gasteiger partial charge in [0.2, 0.25) is 5.91 Å². The molecule has 24 heavy (non-hydrogen) atoms. The Morgan fingerprint density at radius 1 is 1.12 bits per heavy atom. The van der Waals surface area contributed by atoms with Gasteiger partial charge in [-0.05, 0) is 42.5 Å². The average Bonchev–Trinajstić information content (AvgIpc) is 2.54. The van der Waals surface area contributed by atoms with Crippen LogP contribution in [0.1, 0.15) is 10.4 Å². The molecule has 0 heterocycles. The number of ether oxygens (including phenoxy) is 1. The molecule has 0 aliphatic carbocycles. The van der Waals surface area contributed by atoms with Crippen LogP contribution < -0.4 is 15.4 Å². The third kappa shape index (κ3) is 5.62. The molecule has 2 aromatic carbocycles. The maximum atomic E-state index is 12.0. The average molecular weight is 399 g/mol. The fourth-order valence-corrected chi connectivity index (χ4v) is 2.22. The number of carbonyl (C=O) groups is 2. The fourth-order valence-electron chi connectivity index (χ4n) is 1.82. The number of amides is 2. The molecule has 0 aromatic heterocycles. The largest absolute Gasteiger partial charge is 0.435 e. The van der Waals surface area contributed by atoms with Gasteiger partial charge in [-0.1, -0.05) is 22.0 Å². The Hall–Kier alpha value is -2.48. The first-order valence-electron chi connectivity index (χ1n) is 6.82. The summed E-state index contributed by atoms with van der Waals surface area (Å²) >= 11 is 3.26. The van der Waals surface area contributed by atoms with E-state index in [1.807, 2.05) is 0 Å². The van der Waals surface area contributed by atoms with Gasteiger partial charge in [-0.15, -0.1) is 0 Å². The normalized spacial score (nSPS) is 10.3. The highest BCUT2D eigenvalue weighted by molar-refractivity contribution is 9.10. The number of alkyl halides is 2. The number of hydrogen-bond acceptors (Lipinski definition) is 3. The van der Waals surface area contributed by atoms with Gasteiger partial charge in [0.05, 0.1) is 6.54 Å². The highest BCUT2D eigenvalue weighted by atomic mass is 79.9. The SMILES string of the molecule is O=C(CNC(=O)c1cccc(Br)c1)Nc1ccc(OC(F)F)cc1. The molecule has 0 aliphatic rings. The van der Waals surface area contributed by atoms with E-state index in [0.717, 1.165) is 4.47 Å². The first kappa shape index (κ1) is 17.9. The maximum Gasteiger partial charge on any atom is 0.387 e. The lowest BCUT2D eigenvalue weighted by Gasteiger charge is -2.08. The standard InChI is InChI=1S/C16H13BrF2N2O3/c17-11-3-1-2-10(8-11)15(23)20-9-14(22)21-12-4-6-13(7-5-12)24-16(18)19/h1-8,16H,9H2,(H,20,23)(H,21,22). The van der Waals surface area contributed by atoms with Crippen LogP contribution in [0.15, 0.2) is 53.0 Å². The third-order valence-electron chi connectivity index (χ3n) is 2.86. The highest BCUT2D eigenvalue weighted by Gasteiger charge is 2.09. The molecule has 0 aliphatic heterocycles. The Morgan fingerprint density at radius 2 is 1.83 bits per heavy atom. The molecule has 0 fully saturated rings. The van der Waals surface area contributed by atoms with Gasteiger partial charge in [-0.25, -0.2) is 0 Å². The van der Waals surface area contributed by atoms with E-state index in [4.69, 9.17) is 0 Å². The Bertz CT molecular complexity index is 724. The van der Waals surface area contributed by atoms with Crippen molar-refractivity contribution in [2.45, 2.75) is 6.61 Å². The van der Waals surface area contributed by atoms with E-state index in [9.17, 15) is 18.4 Å². The predicted molar refractivity (Wildman–Crippen MR) is 88.2 cm³/mol. The fraction of sp³-hybridized carbons (Fsp3) is 0.125. The summed E-state index contributed by atoms with van der Waals surface area (Å²) in [7, 11) is 0. The molecule has 0 saturated heterocycles. The summed E-state index contributed by atoms with van der Waals surface area (Å²) in [4.78, 5) is 23.7. The minimum absolute atomic E-state index is 0.00837. The number of nitrogens with one attached hydrogen (secondary N) is 2. The van der Waals surface area contributed by atoms with E-state index in [1.54, 1.807) is 24.3 Å². The van der Waals surface area contributed by atoms with Crippen LogP contribution in [-0.2, 0) is 4.79 Å². The smallest absolute Gasteiger partial charge is 0.387 e. The molecule has 0 spiro atoms. The minimum atomic E-state index is -2.90. The number of halogens is 3. The van der Waals surface area contributed by atoms with E-state index in [-0.39, 0.29) is 18.2 Å². The Labute approximate surface area is 145 Å². The van der Waals surface area contributed by atoms with Gasteiger partial charge < -0.3 is 15.4 Å². The second-order valence-electron chi connectivity index (χ2n) is 4.64.